The Bertz CT molecular complexity index is 914. The van der Waals surface area contributed by atoms with Crippen LogP contribution >= 0.6 is 0 Å². The fourth-order valence-electron chi connectivity index (χ4n) is 3.84. The van der Waals surface area contributed by atoms with Crippen molar-refractivity contribution in [1.29, 1.82) is 0 Å². The summed E-state index contributed by atoms with van der Waals surface area (Å²) in [6.45, 7) is 6.95. The molecule has 2 aliphatic rings. The minimum atomic E-state index is 0.539. The molecule has 0 saturated carbocycles. The number of hydrogen-bond donors (Lipinski definition) is 0. The van der Waals surface area contributed by atoms with Crippen LogP contribution in [0.5, 0.6) is 11.5 Å². The van der Waals surface area contributed by atoms with Crippen molar-refractivity contribution in [3.05, 3.63) is 82.9 Å². The molecule has 0 radical (unpaired) electrons. The number of nitrogens with zero attached hydrogens (tertiary/aromatic N) is 2. The maximum Gasteiger partial charge on any atom is 0.169 e. The number of rotatable bonds is 2. The van der Waals surface area contributed by atoms with Crippen molar-refractivity contribution in [1.82, 2.24) is 0 Å². The minimum Gasteiger partial charge on any atom is -0.469 e. The summed E-state index contributed by atoms with van der Waals surface area (Å²) in [6, 6.07) is 21.5. The van der Waals surface area contributed by atoms with Crippen LogP contribution in [0.3, 0.4) is 0 Å². The van der Waals surface area contributed by atoms with E-state index in [1.807, 2.05) is 0 Å². The van der Waals surface area contributed by atoms with Crippen LogP contribution in [-0.2, 0) is 13.1 Å². The first-order valence-electron chi connectivity index (χ1n) is 9.71. The molecule has 0 N–H and O–H groups in total. The Labute approximate surface area is 165 Å². The molecule has 142 valence electrons. The normalized spacial score (nSPS) is 15.4. The molecule has 0 fully saturated rings. The fourth-order valence-corrected chi connectivity index (χ4v) is 3.84. The second-order valence-electron chi connectivity index (χ2n) is 7.66. The van der Waals surface area contributed by atoms with Crippen molar-refractivity contribution in [2.24, 2.45) is 0 Å². The SMILES string of the molecule is Cc1ccc(N2COc3c(ccc4c3OCN(c3ccc(C)cc3)C4)C2)cc1. The van der Waals surface area contributed by atoms with Crippen LogP contribution < -0.4 is 19.3 Å². The van der Waals surface area contributed by atoms with Gasteiger partial charge >= 0.3 is 0 Å². The molecule has 0 atom stereocenters. The van der Waals surface area contributed by atoms with E-state index < -0.39 is 0 Å². The van der Waals surface area contributed by atoms with Gasteiger partial charge in [-0.1, -0.05) is 47.5 Å². The molecule has 28 heavy (non-hydrogen) atoms. The van der Waals surface area contributed by atoms with Crippen molar-refractivity contribution in [2.45, 2.75) is 26.9 Å². The van der Waals surface area contributed by atoms with E-state index in [1.54, 1.807) is 0 Å². The van der Waals surface area contributed by atoms with Crippen molar-refractivity contribution in [3.63, 3.8) is 0 Å². The lowest BCUT2D eigenvalue weighted by atomic mass is 10.0. The molecule has 4 nitrogen and oxygen atoms in total. The fraction of sp³-hybridized carbons (Fsp3) is 0.250. The molecule has 4 heteroatoms. The molecule has 0 amide bonds. The average molecular weight is 372 g/mol. The summed E-state index contributed by atoms with van der Waals surface area (Å²) in [6.07, 6.45) is 0. The van der Waals surface area contributed by atoms with Crippen molar-refractivity contribution in [3.8, 4) is 11.5 Å². The number of ether oxygens (including phenoxy) is 2. The maximum absolute atomic E-state index is 6.16. The van der Waals surface area contributed by atoms with Crippen LogP contribution in [0.1, 0.15) is 22.3 Å². The highest BCUT2D eigenvalue weighted by Gasteiger charge is 2.27. The van der Waals surface area contributed by atoms with E-state index >= 15 is 0 Å². The lowest BCUT2D eigenvalue weighted by molar-refractivity contribution is 0.239. The van der Waals surface area contributed by atoms with Crippen LogP contribution in [0.15, 0.2) is 60.7 Å². The quantitative estimate of drug-likeness (QED) is 0.631. The average Bonchev–Trinajstić information content (AvgIpc) is 2.74. The zero-order valence-electron chi connectivity index (χ0n) is 16.3. The smallest absolute Gasteiger partial charge is 0.169 e. The molecule has 0 unspecified atom stereocenters. The molecule has 0 bridgehead atoms. The van der Waals surface area contributed by atoms with Gasteiger partial charge in [0.05, 0.1) is 0 Å². The molecule has 0 aliphatic carbocycles. The van der Waals surface area contributed by atoms with Crippen molar-refractivity contribution >= 4 is 11.4 Å². The standard InChI is InChI=1S/C24H24N2O2/c1-17-3-9-21(10-4-17)25-13-19-7-8-20-14-26(22-11-5-18(2)6-12-22)16-28-24(20)23(19)27-15-25/h3-12H,13-16H2,1-2H3. The van der Waals surface area contributed by atoms with Crippen molar-refractivity contribution < 1.29 is 9.47 Å². The van der Waals surface area contributed by atoms with E-state index in [1.165, 1.54) is 33.6 Å². The van der Waals surface area contributed by atoms with E-state index in [0.717, 1.165) is 24.6 Å². The molecule has 0 aromatic heterocycles. The van der Waals surface area contributed by atoms with Crippen LogP contribution in [0, 0.1) is 13.8 Å². The third kappa shape index (κ3) is 3.05. The predicted octanol–water partition coefficient (Wildman–Crippen LogP) is 5.02. The zero-order chi connectivity index (χ0) is 19.1. The first kappa shape index (κ1) is 17.0. The molecular weight excluding hydrogens is 348 g/mol. The number of fused-ring (bicyclic) bond motifs is 3. The Morgan fingerprint density at radius 2 is 0.964 bits per heavy atom. The summed E-state index contributed by atoms with van der Waals surface area (Å²) >= 11 is 0. The third-order valence-electron chi connectivity index (χ3n) is 5.53. The number of anilines is 2. The van der Waals surface area contributed by atoms with Gasteiger partial charge in [0.2, 0.25) is 0 Å². The predicted molar refractivity (Wildman–Crippen MR) is 112 cm³/mol. The number of benzene rings is 3. The first-order valence-corrected chi connectivity index (χ1v) is 9.71. The summed E-state index contributed by atoms with van der Waals surface area (Å²) in [5.74, 6) is 1.81. The summed E-state index contributed by atoms with van der Waals surface area (Å²) in [5, 5.41) is 0. The van der Waals surface area contributed by atoms with Crippen LogP contribution in [-0.4, -0.2) is 13.5 Å². The van der Waals surface area contributed by atoms with Gasteiger partial charge in [-0.25, -0.2) is 0 Å². The molecule has 0 saturated heterocycles. The van der Waals surface area contributed by atoms with E-state index in [4.69, 9.17) is 9.47 Å². The van der Waals surface area contributed by atoms with E-state index in [-0.39, 0.29) is 0 Å². The number of aryl methyl sites for hydroxylation is 2. The lowest BCUT2D eigenvalue weighted by Crippen LogP contribution is -2.35. The molecule has 3 aromatic carbocycles. The van der Waals surface area contributed by atoms with Crippen LogP contribution in [0.2, 0.25) is 0 Å². The zero-order valence-corrected chi connectivity index (χ0v) is 16.3. The van der Waals surface area contributed by atoms with E-state index in [9.17, 15) is 0 Å². The highest BCUT2D eigenvalue weighted by Crippen LogP contribution is 2.42. The summed E-state index contributed by atoms with van der Waals surface area (Å²) < 4.78 is 12.3. The molecule has 0 spiro atoms. The van der Waals surface area contributed by atoms with E-state index in [0.29, 0.717) is 13.5 Å². The molecular formula is C24H24N2O2. The second kappa shape index (κ2) is 6.79. The molecule has 2 heterocycles. The monoisotopic (exact) mass is 372 g/mol. The summed E-state index contributed by atoms with van der Waals surface area (Å²) in [5.41, 5.74) is 7.25. The van der Waals surface area contributed by atoms with E-state index in [2.05, 4.69) is 84.3 Å². The first-order chi connectivity index (χ1) is 13.7. The van der Waals surface area contributed by atoms with Crippen LogP contribution in [0.25, 0.3) is 0 Å². The number of hydrogen-bond acceptors (Lipinski definition) is 4. The van der Waals surface area contributed by atoms with Gasteiger partial charge in [-0.05, 0) is 38.1 Å². The Kier molecular flexibility index (Phi) is 4.12. The van der Waals surface area contributed by atoms with Gasteiger partial charge in [0.1, 0.15) is 0 Å². The summed E-state index contributed by atoms with van der Waals surface area (Å²) in [7, 11) is 0. The van der Waals surface area contributed by atoms with Gasteiger partial charge < -0.3 is 19.3 Å². The molecule has 5 rings (SSSR count). The highest BCUT2D eigenvalue weighted by molar-refractivity contribution is 5.59. The maximum atomic E-state index is 6.16. The lowest BCUT2D eigenvalue weighted by Gasteiger charge is -2.36. The Balaban J connectivity index is 1.38. The topological polar surface area (TPSA) is 24.9 Å². The minimum absolute atomic E-state index is 0.539. The summed E-state index contributed by atoms with van der Waals surface area (Å²) in [4.78, 5) is 4.49. The van der Waals surface area contributed by atoms with Gasteiger partial charge in [-0.15, -0.1) is 0 Å². The third-order valence-corrected chi connectivity index (χ3v) is 5.53. The largest absolute Gasteiger partial charge is 0.469 e. The Morgan fingerprint density at radius 1 is 0.571 bits per heavy atom. The molecule has 3 aromatic rings. The van der Waals surface area contributed by atoms with Gasteiger partial charge in [-0.3, -0.25) is 0 Å². The van der Waals surface area contributed by atoms with Gasteiger partial charge in [-0.2, -0.15) is 0 Å². The molecule has 2 aliphatic heterocycles. The second-order valence-corrected chi connectivity index (χ2v) is 7.66. The Hall–Kier alpha value is -3.14. The highest BCUT2D eigenvalue weighted by atomic mass is 16.5. The van der Waals surface area contributed by atoms with Gasteiger partial charge in [0, 0.05) is 35.6 Å². The van der Waals surface area contributed by atoms with Gasteiger partial charge in [0.15, 0.2) is 25.0 Å². The Morgan fingerprint density at radius 3 is 1.36 bits per heavy atom. The van der Waals surface area contributed by atoms with Crippen LogP contribution in [0.4, 0.5) is 11.4 Å². The van der Waals surface area contributed by atoms with Crippen molar-refractivity contribution in [2.75, 3.05) is 23.3 Å². The van der Waals surface area contributed by atoms with Gasteiger partial charge in [0.25, 0.3) is 0 Å².